The molecule has 2 aromatic carbocycles. The minimum atomic E-state index is -0.404. The number of halogens is 1. The highest BCUT2D eigenvalue weighted by Crippen LogP contribution is 2.21. The second-order valence-corrected chi connectivity index (χ2v) is 5.11. The molecule has 0 atom stereocenters. The number of aromatic nitrogens is 1. The minimum absolute atomic E-state index is 0.194. The van der Waals surface area contributed by atoms with Crippen molar-refractivity contribution >= 4 is 34.1 Å². The van der Waals surface area contributed by atoms with Gasteiger partial charge < -0.3 is 15.6 Å². The number of hydrogen-bond donors (Lipinski definition) is 3. The highest BCUT2D eigenvalue weighted by molar-refractivity contribution is 6.13. The van der Waals surface area contributed by atoms with Gasteiger partial charge in [0.25, 0.3) is 5.91 Å². The van der Waals surface area contributed by atoms with Crippen molar-refractivity contribution in [2.45, 2.75) is 6.92 Å². The number of aromatic amines is 1. The summed E-state index contributed by atoms with van der Waals surface area (Å²) in [7, 11) is 0. The number of rotatable bonds is 3. The number of amides is 2. The van der Waals surface area contributed by atoms with Crippen LogP contribution in [-0.4, -0.2) is 16.8 Å². The van der Waals surface area contributed by atoms with Crippen LogP contribution in [0.15, 0.2) is 48.7 Å². The van der Waals surface area contributed by atoms with Crippen molar-refractivity contribution in [1.29, 1.82) is 0 Å². The predicted molar refractivity (Wildman–Crippen MR) is 87.0 cm³/mol. The lowest BCUT2D eigenvalue weighted by atomic mass is 10.1. The lowest BCUT2D eigenvalue weighted by molar-refractivity contribution is -0.114. The Labute approximate surface area is 131 Å². The van der Waals surface area contributed by atoms with E-state index in [0.29, 0.717) is 27.8 Å². The summed E-state index contributed by atoms with van der Waals surface area (Å²) in [5, 5.41) is 5.90. The number of H-pyrrole nitrogens is 1. The molecule has 0 saturated carbocycles. The topological polar surface area (TPSA) is 74.0 Å². The first-order valence-corrected chi connectivity index (χ1v) is 6.98. The Hall–Kier alpha value is -3.15. The van der Waals surface area contributed by atoms with Crippen LogP contribution in [0.4, 0.5) is 15.8 Å². The van der Waals surface area contributed by atoms with Crippen molar-refractivity contribution < 1.29 is 14.0 Å². The SMILES string of the molecule is CC(=O)Nc1cccc(NC(=O)c2c[nH]c3ccc(F)cc23)c1. The van der Waals surface area contributed by atoms with Gasteiger partial charge in [-0.3, -0.25) is 9.59 Å². The average molecular weight is 311 g/mol. The van der Waals surface area contributed by atoms with Crippen molar-refractivity contribution in [3.05, 3.63) is 60.0 Å². The highest BCUT2D eigenvalue weighted by atomic mass is 19.1. The van der Waals surface area contributed by atoms with Gasteiger partial charge in [0.05, 0.1) is 5.56 Å². The molecule has 0 aliphatic rings. The van der Waals surface area contributed by atoms with Gasteiger partial charge >= 0.3 is 0 Å². The molecule has 6 heteroatoms. The standard InChI is InChI=1S/C17H14FN3O2/c1-10(22)20-12-3-2-4-13(8-12)21-17(23)15-9-19-16-6-5-11(18)7-14(15)16/h2-9,19H,1H3,(H,20,22)(H,21,23). The van der Waals surface area contributed by atoms with Crippen LogP contribution in [0.1, 0.15) is 17.3 Å². The van der Waals surface area contributed by atoms with Crippen LogP contribution in [-0.2, 0) is 4.79 Å². The zero-order valence-corrected chi connectivity index (χ0v) is 12.3. The van der Waals surface area contributed by atoms with Gasteiger partial charge in [-0.2, -0.15) is 0 Å². The van der Waals surface area contributed by atoms with Crippen LogP contribution in [0.5, 0.6) is 0 Å². The molecular weight excluding hydrogens is 297 g/mol. The third kappa shape index (κ3) is 3.21. The average Bonchev–Trinajstić information content (AvgIpc) is 2.89. The van der Waals surface area contributed by atoms with Crippen LogP contribution in [0, 0.1) is 5.82 Å². The molecule has 116 valence electrons. The van der Waals surface area contributed by atoms with Crippen LogP contribution >= 0.6 is 0 Å². The molecule has 0 spiro atoms. The maximum atomic E-state index is 13.4. The number of anilines is 2. The molecule has 0 bridgehead atoms. The molecular formula is C17H14FN3O2. The molecule has 1 aromatic heterocycles. The van der Waals surface area contributed by atoms with Gasteiger partial charge in [0, 0.05) is 35.4 Å². The number of fused-ring (bicyclic) bond motifs is 1. The first-order valence-electron chi connectivity index (χ1n) is 6.98. The number of carbonyl (C=O) groups is 2. The zero-order chi connectivity index (χ0) is 16.4. The van der Waals surface area contributed by atoms with Crippen molar-refractivity contribution in [3.63, 3.8) is 0 Å². The number of benzene rings is 2. The second kappa shape index (κ2) is 5.92. The fourth-order valence-corrected chi connectivity index (χ4v) is 2.36. The van der Waals surface area contributed by atoms with E-state index in [1.807, 2.05) is 0 Å². The van der Waals surface area contributed by atoms with Crippen molar-refractivity contribution in [1.82, 2.24) is 4.98 Å². The monoisotopic (exact) mass is 311 g/mol. The fraction of sp³-hybridized carbons (Fsp3) is 0.0588. The summed E-state index contributed by atoms with van der Waals surface area (Å²) in [5.74, 6) is -0.957. The number of carbonyl (C=O) groups excluding carboxylic acids is 2. The fourth-order valence-electron chi connectivity index (χ4n) is 2.36. The smallest absolute Gasteiger partial charge is 0.257 e. The summed E-state index contributed by atoms with van der Waals surface area (Å²) < 4.78 is 13.4. The maximum Gasteiger partial charge on any atom is 0.257 e. The van der Waals surface area contributed by atoms with Crippen LogP contribution in [0.3, 0.4) is 0 Å². The third-order valence-electron chi connectivity index (χ3n) is 3.33. The second-order valence-electron chi connectivity index (χ2n) is 5.11. The zero-order valence-electron chi connectivity index (χ0n) is 12.3. The predicted octanol–water partition coefficient (Wildman–Crippen LogP) is 3.52. The summed E-state index contributed by atoms with van der Waals surface area (Å²) in [6.07, 6.45) is 1.54. The Kier molecular flexibility index (Phi) is 3.80. The summed E-state index contributed by atoms with van der Waals surface area (Å²) in [5.41, 5.74) is 2.15. The Balaban J connectivity index is 1.86. The van der Waals surface area contributed by atoms with E-state index < -0.39 is 5.82 Å². The van der Waals surface area contributed by atoms with Gasteiger partial charge in [0.15, 0.2) is 0 Å². The molecule has 0 saturated heterocycles. The summed E-state index contributed by atoms with van der Waals surface area (Å²) in [6, 6.07) is 11.0. The summed E-state index contributed by atoms with van der Waals surface area (Å²) in [6.45, 7) is 1.41. The Bertz CT molecular complexity index is 902. The molecule has 0 fully saturated rings. The van der Waals surface area contributed by atoms with Gasteiger partial charge in [-0.1, -0.05) is 6.07 Å². The first-order chi connectivity index (χ1) is 11.0. The van der Waals surface area contributed by atoms with Gasteiger partial charge in [-0.25, -0.2) is 4.39 Å². The molecule has 3 N–H and O–H groups in total. The molecule has 2 amide bonds. The normalized spacial score (nSPS) is 10.5. The van der Waals surface area contributed by atoms with Crippen molar-refractivity contribution in [2.24, 2.45) is 0 Å². The number of nitrogens with one attached hydrogen (secondary N) is 3. The molecule has 23 heavy (non-hydrogen) atoms. The van der Waals surface area contributed by atoms with E-state index in [9.17, 15) is 14.0 Å². The van der Waals surface area contributed by atoms with Crippen LogP contribution < -0.4 is 10.6 Å². The van der Waals surface area contributed by atoms with Crippen molar-refractivity contribution in [3.8, 4) is 0 Å². The Morgan fingerprint density at radius 3 is 2.52 bits per heavy atom. The Morgan fingerprint density at radius 1 is 1.04 bits per heavy atom. The van der Waals surface area contributed by atoms with Gasteiger partial charge in [0.1, 0.15) is 5.82 Å². The molecule has 3 aromatic rings. The summed E-state index contributed by atoms with van der Waals surface area (Å²) in [4.78, 5) is 26.4. The van der Waals surface area contributed by atoms with Gasteiger partial charge in [-0.15, -0.1) is 0 Å². The molecule has 1 heterocycles. The van der Waals surface area contributed by atoms with E-state index in [1.165, 1.54) is 25.3 Å². The van der Waals surface area contributed by atoms with E-state index in [1.54, 1.807) is 30.3 Å². The van der Waals surface area contributed by atoms with E-state index >= 15 is 0 Å². The van der Waals surface area contributed by atoms with E-state index in [2.05, 4.69) is 15.6 Å². The summed E-state index contributed by atoms with van der Waals surface area (Å²) >= 11 is 0. The third-order valence-corrected chi connectivity index (χ3v) is 3.33. The molecule has 5 nitrogen and oxygen atoms in total. The van der Waals surface area contributed by atoms with Crippen LogP contribution in [0.2, 0.25) is 0 Å². The molecule has 0 aliphatic heterocycles. The first kappa shape index (κ1) is 14.8. The minimum Gasteiger partial charge on any atom is -0.360 e. The largest absolute Gasteiger partial charge is 0.360 e. The van der Waals surface area contributed by atoms with Crippen LogP contribution in [0.25, 0.3) is 10.9 Å². The highest BCUT2D eigenvalue weighted by Gasteiger charge is 2.13. The lowest BCUT2D eigenvalue weighted by Gasteiger charge is -2.07. The molecule has 0 radical (unpaired) electrons. The van der Waals surface area contributed by atoms with Crippen molar-refractivity contribution in [2.75, 3.05) is 10.6 Å². The lowest BCUT2D eigenvalue weighted by Crippen LogP contribution is -2.12. The maximum absolute atomic E-state index is 13.4. The van der Waals surface area contributed by atoms with E-state index in [0.717, 1.165) is 0 Å². The van der Waals surface area contributed by atoms with Gasteiger partial charge in [-0.05, 0) is 36.4 Å². The molecule has 3 rings (SSSR count). The number of hydrogen-bond acceptors (Lipinski definition) is 2. The van der Waals surface area contributed by atoms with E-state index in [4.69, 9.17) is 0 Å². The molecule has 0 unspecified atom stereocenters. The quantitative estimate of drug-likeness (QED) is 0.692. The van der Waals surface area contributed by atoms with E-state index in [-0.39, 0.29) is 11.8 Å². The molecule has 0 aliphatic carbocycles. The Morgan fingerprint density at radius 2 is 1.78 bits per heavy atom. The van der Waals surface area contributed by atoms with Gasteiger partial charge in [0.2, 0.25) is 5.91 Å².